The van der Waals surface area contributed by atoms with E-state index in [-0.39, 0.29) is 6.10 Å². The van der Waals surface area contributed by atoms with Gasteiger partial charge in [0.25, 0.3) is 0 Å². The molecule has 3 nitrogen and oxygen atoms in total. The molecular formula is C14H24N2OS. The lowest BCUT2D eigenvalue weighted by molar-refractivity contribution is 0.106. The molecule has 0 bridgehead atoms. The van der Waals surface area contributed by atoms with Gasteiger partial charge in [-0.1, -0.05) is 6.92 Å². The summed E-state index contributed by atoms with van der Waals surface area (Å²) in [6.45, 7) is 6.35. The SMILES string of the molecule is CC1CN(C)C(C)CC1NCC(O)c1ccsc1. The van der Waals surface area contributed by atoms with Crippen molar-refractivity contribution in [3.8, 4) is 0 Å². The normalized spacial score (nSPS) is 31.4. The van der Waals surface area contributed by atoms with Crippen molar-refractivity contribution in [2.75, 3.05) is 20.1 Å². The van der Waals surface area contributed by atoms with E-state index in [4.69, 9.17) is 0 Å². The molecule has 4 heteroatoms. The summed E-state index contributed by atoms with van der Waals surface area (Å²) in [5.74, 6) is 0.640. The van der Waals surface area contributed by atoms with Crippen molar-refractivity contribution >= 4 is 11.3 Å². The van der Waals surface area contributed by atoms with Crippen molar-refractivity contribution in [2.24, 2.45) is 5.92 Å². The van der Waals surface area contributed by atoms with E-state index in [1.54, 1.807) is 11.3 Å². The predicted molar refractivity (Wildman–Crippen MR) is 76.9 cm³/mol. The summed E-state index contributed by atoms with van der Waals surface area (Å²) in [4.78, 5) is 2.41. The number of aliphatic hydroxyl groups is 1. The maximum absolute atomic E-state index is 10.1. The molecule has 4 unspecified atom stereocenters. The molecule has 0 saturated carbocycles. The minimum Gasteiger partial charge on any atom is -0.387 e. The number of hydrogen-bond acceptors (Lipinski definition) is 4. The molecule has 2 N–H and O–H groups in total. The highest BCUT2D eigenvalue weighted by Crippen LogP contribution is 2.22. The minimum atomic E-state index is -0.376. The van der Waals surface area contributed by atoms with Crippen molar-refractivity contribution in [2.45, 2.75) is 38.5 Å². The number of nitrogens with zero attached hydrogens (tertiary/aromatic N) is 1. The highest BCUT2D eigenvalue weighted by atomic mass is 32.1. The molecule has 4 atom stereocenters. The molecule has 1 aromatic rings. The zero-order chi connectivity index (χ0) is 13.1. The first-order chi connectivity index (χ1) is 8.58. The molecule has 1 aliphatic rings. The van der Waals surface area contributed by atoms with Crippen molar-refractivity contribution in [3.63, 3.8) is 0 Å². The summed E-state index contributed by atoms with van der Waals surface area (Å²) >= 11 is 1.64. The van der Waals surface area contributed by atoms with Crippen molar-refractivity contribution in [1.82, 2.24) is 10.2 Å². The number of nitrogens with one attached hydrogen (secondary N) is 1. The van der Waals surface area contributed by atoms with Gasteiger partial charge >= 0.3 is 0 Å². The molecule has 0 radical (unpaired) electrons. The van der Waals surface area contributed by atoms with Gasteiger partial charge in [0.15, 0.2) is 0 Å². The molecule has 18 heavy (non-hydrogen) atoms. The van der Waals surface area contributed by atoms with E-state index in [9.17, 15) is 5.11 Å². The van der Waals surface area contributed by atoms with E-state index < -0.39 is 0 Å². The fourth-order valence-corrected chi connectivity index (χ4v) is 3.38. The molecular weight excluding hydrogens is 244 g/mol. The van der Waals surface area contributed by atoms with Crippen LogP contribution in [0.25, 0.3) is 0 Å². The third-order valence-electron chi connectivity index (χ3n) is 4.11. The van der Waals surface area contributed by atoms with Gasteiger partial charge in [0.1, 0.15) is 0 Å². The number of rotatable bonds is 4. The highest BCUT2D eigenvalue weighted by molar-refractivity contribution is 7.07. The van der Waals surface area contributed by atoms with Gasteiger partial charge in [-0.3, -0.25) is 0 Å². The van der Waals surface area contributed by atoms with E-state index in [0.717, 1.165) is 18.5 Å². The Morgan fingerprint density at radius 1 is 1.56 bits per heavy atom. The Morgan fingerprint density at radius 3 is 3.00 bits per heavy atom. The molecule has 0 aliphatic carbocycles. The monoisotopic (exact) mass is 268 g/mol. The summed E-state index contributed by atoms with van der Waals surface area (Å²) in [6.07, 6.45) is 0.784. The Balaban J connectivity index is 1.83. The van der Waals surface area contributed by atoms with Crippen LogP contribution in [0.2, 0.25) is 0 Å². The number of hydrogen-bond donors (Lipinski definition) is 2. The summed E-state index contributed by atoms with van der Waals surface area (Å²) in [5, 5.41) is 17.6. The van der Waals surface area contributed by atoms with Gasteiger partial charge in [-0.25, -0.2) is 0 Å². The van der Waals surface area contributed by atoms with Gasteiger partial charge < -0.3 is 15.3 Å². The second kappa shape index (κ2) is 6.15. The molecule has 0 aromatic carbocycles. The first-order valence-electron chi connectivity index (χ1n) is 6.71. The molecule has 0 amide bonds. The second-order valence-corrected chi connectivity index (χ2v) is 6.37. The average molecular weight is 268 g/mol. The van der Waals surface area contributed by atoms with Crippen molar-refractivity contribution in [3.05, 3.63) is 22.4 Å². The van der Waals surface area contributed by atoms with Crippen LogP contribution in [0.1, 0.15) is 31.9 Å². The van der Waals surface area contributed by atoms with Gasteiger partial charge in [0.2, 0.25) is 0 Å². The smallest absolute Gasteiger partial charge is 0.0922 e. The van der Waals surface area contributed by atoms with Crippen LogP contribution in [0.15, 0.2) is 16.8 Å². The largest absolute Gasteiger partial charge is 0.387 e. The fraction of sp³-hybridized carbons (Fsp3) is 0.714. The number of likely N-dealkylation sites (tertiary alicyclic amines) is 1. The van der Waals surface area contributed by atoms with Crippen LogP contribution in [-0.4, -0.2) is 42.2 Å². The van der Waals surface area contributed by atoms with Gasteiger partial charge in [-0.05, 0) is 48.7 Å². The van der Waals surface area contributed by atoms with E-state index in [0.29, 0.717) is 24.5 Å². The zero-order valence-corrected chi connectivity index (χ0v) is 12.3. The van der Waals surface area contributed by atoms with Gasteiger partial charge in [0.05, 0.1) is 6.10 Å². The first kappa shape index (κ1) is 14.0. The van der Waals surface area contributed by atoms with Crippen molar-refractivity contribution < 1.29 is 5.11 Å². The predicted octanol–water partition coefficient (Wildman–Crippen LogP) is 2.10. The van der Waals surface area contributed by atoms with Crippen LogP contribution < -0.4 is 5.32 Å². The third-order valence-corrected chi connectivity index (χ3v) is 4.81. The van der Waals surface area contributed by atoms with Crippen LogP contribution >= 0.6 is 11.3 Å². The molecule has 1 fully saturated rings. The van der Waals surface area contributed by atoms with Crippen LogP contribution in [0.5, 0.6) is 0 Å². The zero-order valence-electron chi connectivity index (χ0n) is 11.5. The number of aliphatic hydroxyl groups excluding tert-OH is 1. The first-order valence-corrected chi connectivity index (χ1v) is 7.66. The van der Waals surface area contributed by atoms with Gasteiger partial charge in [0, 0.05) is 25.2 Å². The topological polar surface area (TPSA) is 35.5 Å². The van der Waals surface area contributed by atoms with Gasteiger partial charge in [-0.15, -0.1) is 0 Å². The van der Waals surface area contributed by atoms with E-state index >= 15 is 0 Å². The Hall–Kier alpha value is -0.420. The summed E-state index contributed by atoms with van der Waals surface area (Å²) in [7, 11) is 2.19. The highest BCUT2D eigenvalue weighted by Gasteiger charge is 2.28. The Labute approximate surface area is 114 Å². The minimum absolute atomic E-state index is 0.376. The fourth-order valence-electron chi connectivity index (χ4n) is 2.67. The van der Waals surface area contributed by atoms with Crippen LogP contribution in [0.3, 0.4) is 0 Å². The molecule has 2 rings (SSSR count). The molecule has 102 valence electrons. The van der Waals surface area contributed by atoms with Crippen LogP contribution in [-0.2, 0) is 0 Å². The quantitative estimate of drug-likeness (QED) is 0.878. The maximum atomic E-state index is 10.1. The van der Waals surface area contributed by atoms with E-state index in [2.05, 4.69) is 31.1 Å². The lowest BCUT2D eigenvalue weighted by atomic mass is 9.89. The number of thiophene rings is 1. The lowest BCUT2D eigenvalue weighted by Crippen LogP contribution is -2.51. The summed E-state index contributed by atoms with van der Waals surface area (Å²) < 4.78 is 0. The van der Waals surface area contributed by atoms with Gasteiger partial charge in [-0.2, -0.15) is 11.3 Å². The van der Waals surface area contributed by atoms with E-state index in [1.165, 1.54) is 0 Å². The third kappa shape index (κ3) is 3.32. The molecule has 2 heterocycles. The molecule has 0 spiro atoms. The number of piperidine rings is 1. The maximum Gasteiger partial charge on any atom is 0.0922 e. The lowest BCUT2D eigenvalue weighted by Gasteiger charge is -2.40. The Kier molecular flexibility index (Phi) is 4.78. The molecule has 1 aromatic heterocycles. The Morgan fingerprint density at radius 2 is 2.33 bits per heavy atom. The van der Waals surface area contributed by atoms with Crippen LogP contribution in [0.4, 0.5) is 0 Å². The summed E-state index contributed by atoms with van der Waals surface area (Å²) in [6, 6.07) is 3.14. The molecule has 1 aliphatic heterocycles. The average Bonchev–Trinajstić information content (AvgIpc) is 2.85. The standard InChI is InChI=1S/C14H24N2OS/c1-10-8-16(3)11(2)6-13(10)15-7-14(17)12-4-5-18-9-12/h4-5,9-11,13-15,17H,6-8H2,1-3H3. The molecule has 1 saturated heterocycles. The second-order valence-electron chi connectivity index (χ2n) is 5.59. The van der Waals surface area contributed by atoms with E-state index in [1.807, 2.05) is 16.8 Å². The van der Waals surface area contributed by atoms with Crippen LogP contribution in [0, 0.1) is 5.92 Å². The Bertz CT molecular complexity index is 355. The summed E-state index contributed by atoms with van der Waals surface area (Å²) in [5.41, 5.74) is 1.03. The van der Waals surface area contributed by atoms with Crippen molar-refractivity contribution in [1.29, 1.82) is 0 Å².